The average molecular weight is 314 g/mol. The van der Waals surface area contributed by atoms with Crippen LogP contribution in [0.15, 0.2) is 22.7 Å². The van der Waals surface area contributed by atoms with Gasteiger partial charge in [0.25, 0.3) is 0 Å². The Kier molecular flexibility index (Phi) is 4.79. The molecule has 1 aliphatic carbocycles. The van der Waals surface area contributed by atoms with Crippen LogP contribution in [0, 0.1) is 11.2 Å². The Bertz CT molecular complexity index is 394. The molecule has 1 aromatic carbocycles. The molecule has 18 heavy (non-hydrogen) atoms. The number of rotatable bonds is 4. The van der Waals surface area contributed by atoms with Crippen molar-refractivity contribution >= 4 is 15.9 Å². The van der Waals surface area contributed by atoms with E-state index >= 15 is 0 Å². The van der Waals surface area contributed by atoms with E-state index in [0.717, 1.165) is 23.0 Å². The van der Waals surface area contributed by atoms with E-state index in [2.05, 4.69) is 21.2 Å². The van der Waals surface area contributed by atoms with Crippen molar-refractivity contribution in [1.29, 1.82) is 0 Å². The van der Waals surface area contributed by atoms with Gasteiger partial charge < -0.3 is 5.32 Å². The first kappa shape index (κ1) is 14.0. The number of hydrogen-bond acceptors (Lipinski definition) is 1. The lowest BCUT2D eigenvalue weighted by atomic mass is 9.70. The standard InChI is InChI=1S/C15H21BrFN/c1-18-11-15(7-3-2-4-8-15)10-12-9-13(17)5-6-14(12)16/h5-6,9,18H,2-4,7-8,10-11H2,1H3. The summed E-state index contributed by atoms with van der Waals surface area (Å²) in [5.74, 6) is -0.136. The molecule has 0 atom stereocenters. The van der Waals surface area contributed by atoms with Crippen LogP contribution in [-0.4, -0.2) is 13.6 Å². The predicted molar refractivity (Wildman–Crippen MR) is 77.2 cm³/mol. The summed E-state index contributed by atoms with van der Waals surface area (Å²) in [4.78, 5) is 0. The molecule has 0 unspecified atom stereocenters. The lowest BCUT2D eigenvalue weighted by Gasteiger charge is -2.37. The predicted octanol–water partition coefficient (Wildman–Crippen LogP) is 4.30. The summed E-state index contributed by atoms with van der Waals surface area (Å²) >= 11 is 3.55. The summed E-state index contributed by atoms with van der Waals surface area (Å²) in [6.07, 6.45) is 7.40. The van der Waals surface area contributed by atoms with Crippen molar-refractivity contribution in [2.24, 2.45) is 5.41 Å². The van der Waals surface area contributed by atoms with E-state index in [1.54, 1.807) is 6.07 Å². The molecule has 0 saturated heterocycles. The highest BCUT2D eigenvalue weighted by Gasteiger charge is 2.32. The smallest absolute Gasteiger partial charge is 0.123 e. The van der Waals surface area contributed by atoms with Crippen molar-refractivity contribution < 1.29 is 4.39 Å². The fraction of sp³-hybridized carbons (Fsp3) is 0.600. The second kappa shape index (κ2) is 6.16. The molecule has 0 bridgehead atoms. The third kappa shape index (κ3) is 3.33. The second-order valence-electron chi connectivity index (χ2n) is 5.50. The van der Waals surface area contributed by atoms with Crippen LogP contribution < -0.4 is 5.32 Å². The molecule has 0 radical (unpaired) electrons. The first-order valence-electron chi connectivity index (χ1n) is 6.74. The maximum Gasteiger partial charge on any atom is 0.123 e. The molecular weight excluding hydrogens is 293 g/mol. The molecule has 0 spiro atoms. The number of halogens is 2. The van der Waals surface area contributed by atoms with Crippen molar-refractivity contribution in [2.75, 3.05) is 13.6 Å². The summed E-state index contributed by atoms with van der Waals surface area (Å²) in [5.41, 5.74) is 1.41. The Labute approximate surface area is 117 Å². The zero-order valence-electron chi connectivity index (χ0n) is 10.9. The first-order chi connectivity index (χ1) is 8.65. The van der Waals surface area contributed by atoms with Gasteiger partial charge in [0.1, 0.15) is 5.82 Å². The fourth-order valence-corrected chi connectivity index (χ4v) is 3.56. The molecule has 1 fully saturated rings. The molecule has 1 nitrogen and oxygen atoms in total. The van der Waals surface area contributed by atoms with Gasteiger partial charge in [0.15, 0.2) is 0 Å². The molecule has 1 saturated carbocycles. The van der Waals surface area contributed by atoms with Crippen LogP contribution in [0.2, 0.25) is 0 Å². The van der Waals surface area contributed by atoms with Crippen molar-refractivity contribution in [3.63, 3.8) is 0 Å². The van der Waals surface area contributed by atoms with Crippen LogP contribution in [0.4, 0.5) is 4.39 Å². The Morgan fingerprint density at radius 3 is 2.67 bits per heavy atom. The summed E-state index contributed by atoms with van der Waals surface area (Å²) in [5, 5.41) is 3.32. The molecule has 0 aromatic heterocycles. The van der Waals surface area contributed by atoms with Crippen LogP contribution in [0.25, 0.3) is 0 Å². The zero-order chi connectivity index (χ0) is 13.0. The van der Waals surface area contributed by atoms with E-state index < -0.39 is 0 Å². The quantitative estimate of drug-likeness (QED) is 0.874. The summed E-state index contributed by atoms with van der Waals surface area (Å²) in [6.45, 7) is 1.02. The molecule has 0 heterocycles. The number of benzene rings is 1. The Balaban J connectivity index is 2.19. The summed E-state index contributed by atoms with van der Waals surface area (Å²) in [6, 6.07) is 5.01. The monoisotopic (exact) mass is 313 g/mol. The summed E-state index contributed by atoms with van der Waals surface area (Å²) < 4.78 is 14.4. The molecule has 1 N–H and O–H groups in total. The molecule has 1 aliphatic rings. The highest BCUT2D eigenvalue weighted by atomic mass is 79.9. The van der Waals surface area contributed by atoms with Gasteiger partial charge >= 0.3 is 0 Å². The van der Waals surface area contributed by atoms with Crippen molar-refractivity contribution in [1.82, 2.24) is 5.32 Å². The van der Waals surface area contributed by atoms with Gasteiger partial charge in [-0.1, -0.05) is 35.2 Å². The SMILES string of the molecule is CNCC1(Cc2cc(F)ccc2Br)CCCCC1. The lowest BCUT2D eigenvalue weighted by Crippen LogP contribution is -2.36. The molecule has 100 valence electrons. The van der Waals surface area contributed by atoms with Gasteiger partial charge in [-0.3, -0.25) is 0 Å². The van der Waals surface area contributed by atoms with E-state index in [0.29, 0.717) is 5.41 Å². The Hall–Kier alpha value is -0.410. The summed E-state index contributed by atoms with van der Waals surface area (Å²) in [7, 11) is 2.01. The largest absolute Gasteiger partial charge is 0.319 e. The van der Waals surface area contributed by atoms with Gasteiger partial charge in [-0.05, 0) is 55.5 Å². The molecule has 2 rings (SSSR count). The van der Waals surface area contributed by atoms with Crippen LogP contribution >= 0.6 is 15.9 Å². The minimum atomic E-state index is -0.136. The van der Waals surface area contributed by atoms with Gasteiger partial charge in [-0.15, -0.1) is 0 Å². The van der Waals surface area contributed by atoms with Crippen LogP contribution in [0.3, 0.4) is 0 Å². The van der Waals surface area contributed by atoms with Crippen LogP contribution in [0.1, 0.15) is 37.7 Å². The van der Waals surface area contributed by atoms with E-state index in [1.165, 1.54) is 38.2 Å². The van der Waals surface area contributed by atoms with Gasteiger partial charge in [0.2, 0.25) is 0 Å². The van der Waals surface area contributed by atoms with E-state index in [4.69, 9.17) is 0 Å². The van der Waals surface area contributed by atoms with Crippen LogP contribution in [-0.2, 0) is 6.42 Å². The van der Waals surface area contributed by atoms with Crippen molar-refractivity contribution in [2.45, 2.75) is 38.5 Å². The second-order valence-corrected chi connectivity index (χ2v) is 6.36. The van der Waals surface area contributed by atoms with E-state index in [-0.39, 0.29) is 5.82 Å². The minimum absolute atomic E-state index is 0.136. The van der Waals surface area contributed by atoms with Crippen molar-refractivity contribution in [3.05, 3.63) is 34.1 Å². The van der Waals surface area contributed by atoms with Crippen molar-refractivity contribution in [3.8, 4) is 0 Å². The highest BCUT2D eigenvalue weighted by molar-refractivity contribution is 9.10. The maximum atomic E-state index is 13.4. The third-order valence-corrected chi connectivity index (χ3v) is 4.81. The van der Waals surface area contributed by atoms with Gasteiger partial charge in [0.05, 0.1) is 0 Å². The topological polar surface area (TPSA) is 12.0 Å². The van der Waals surface area contributed by atoms with E-state index in [9.17, 15) is 4.39 Å². The molecule has 0 amide bonds. The van der Waals surface area contributed by atoms with E-state index in [1.807, 2.05) is 13.1 Å². The molecule has 0 aliphatic heterocycles. The normalized spacial score (nSPS) is 18.8. The first-order valence-corrected chi connectivity index (χ1v) is 7.53. The fourth-order valence-electron chi connectivity index (χ4n) is 3.18. The zero-order valence-corrected chi connectivity index (χ0v) is 12.5. The van der Waals surface area contributed by atoms with Gasteiger partial charge in [0, 0.05) is 11.0 Å². The number of hydrogen-bond donors (Lipinski definition) is 1. The third-order valence-electron chi connectivity index (χ3n) is 4.04. The van der Waals surface area contributed by atoms with Crippen LogP contribution in [0.5, 0.6) is 0 Å². The number of nitrogens with one attached hydrogen (secondary N) is 1. The molecule has 3 heteroatoms. The molecular formula is C15H21BrFN. The minimum Gasteiger partial charge on any atom is -0.319 e. The average Bonchev–Trinajstić information content (AvgIpc) is 2.35. The van der Waals surface area contributed by atoms with Gasteiger partial charge in [-0.2, -0.15) is 0 Å². The Morgan fingerprint density at radius 1 is 1.28 bits per heavy atom. The molecule has 1 aromatic rings. The maximum absolute atomic E-state index is 13.4. The lowest BCUT2D eigenvalue weighted by molar-refractivity contribution is 0.184. The highest BCUT2D eigenvalue weighted by Crippen LogP contribution is 2.40. The Morgan fingerprint density at radius 2 is 2.00 bits per heavy atom. The van der Waals surface area contributed by atoms with Gasteiger partial charge in [-0.25, -0.2) is 4.39 Å².